The van der Waals surface area contributed by atoms with Gasteiger partial charge in [-0.1, -0.05) is 0 Å². The highest BCUT2D eigenvalue weighted by Gasteiger charge is 2.16. The van der Waals surface area contributed by atoms with Crippen LogP contribution in [-0.4, -0.2) is 30.2 Å². The minimum atomic E-state index is -4.17. The molecule has 3 N–H and O–H groups in total. The van der Waals surface area contributed by atoms with Crippen molar-refractivity contribution < 1.29 is 13.2 Å². The molecule has 1 aromatic heterocycles. The largest absolute Gasteiger partial charge is 0.374 e. The fraction of sp³-hybridized carbons (Fsp3) is 0.600. The maximum absolute atomic E-state index is 11.5. The summed E-state index contributed by atoms with van der Waals surface area (Å²) in [5.41, 5.74) is -2.12. The van der Waals surface area contributed by atoms with E-state index in [9.17, 15) is 18.0 Å². The monoisotopic (exact) mass is 291 g/mol. The molecule has 108 valence electrons. The normalized spacial score (nSPS) is 12.6. The summed E-state index contributed by atoms with van der Waals surface area (Å²) in [7, 11) is -4.17. The van der Waals surface area contributed by atoms with E-state index in [0.717, 1.165) is 10.8 Å². The Morgan fingerprint density at radius 1 is 1.37 bits per heavy atom. The van der Waals surface area contributed by atoms with E-state index in [0.29, 0.717) is 0 Å². The van der Waals surface area contributed by atoms with Gasteiger partial charge in [-0.15, -0.1) is 0 Å². The van der Waals surface area contributed by atoms with E-state index in [-0.39, 0.29) is 18.8 Å². The van der Waals surface area contributed by atoms with Crippen molar-refractivity contribution in [2.24, 2.45) is 5.14 Å². The van der Waals surface area contributed by atoms with Gasteiger partial charge in [-0.3, -0.25) is 14.3 Å². The number of hydrogen-bond donors (Lipinski definition) is 2. The van der Waals surface area contributed by atoms with Crippen LogP contribution in [0.1, 0.15) is 20.8 Å². The van der Waals surface area contributed by atoms with Gasteiger partial charge in [-0.25, -0.2) is 18.4 Å². The second-order valence-corrected chi connectivity index (χ2v) is 6.48. The standard InChI is InChI=1S/C10H17N3O5S/c1-10(2,3)18-5-4-13-6-7(19(11,16)17)8(14)12-9(13)15/h6H,4-5H2,1-3H3,(H2,11,16,17)(H,12,14,15). The first-order valence-electron chi connectivity index (χ1n) is 5.51. The summed E-state index contributed by atoms with van der Waals surface area (Å²) in [6, 6.07) is 0. The number of rotatable bonds is 4. The summed E-state index contributed by atoms with van der Waals surface area (Å²) in [5, 5.41) is 4.88. The maximum atomic E-state index is 11.5. The molecule has 0 aromatic carbocycles. The number of primary sulfonamides is 1. The van der Waals surface area contributed by atoms with Crippen LogP contribution >= 0.6 is 0 Å². The summed E-state index contributed by atoms with van der Waals surface area (Å²) in [4.78, 5) is 24.1. The lowest BCUT2D eigenvalue weighted by atomic mass is 10.2. The van der Waals surface area contributed by atoms with Crippen molar-refractivity contribution in [1.29, 1.82) is 0 Å². The van der Waals surface area contributed by atoms with Gasteiger partial charge in [0.1, 0.15) is 0 Å². The fourth-order valence-corrected chi connectivity index (χ4v) is 1.89. The van der Waals surface area contributed by atoms with Crippen LogP contribution < -0.4 is 16.4 Å². The van der Waals surface area contributed by atoms with Crippen molar-refractivity contribution in [1.82, 2.24) is 9.55 Å². The zero-order chi connectivity index (χ0) is 14.8. The SMILES string of the molecule is CC(C)(C)OCCn1cc(S(N)(=O)=O)c(=O)[nH]c1=O. The zero-order valence-corrected chi connectivity index (χ0v) is 11.8. The first-order chi connectivity index (χ1) is 8.50. The van der Waals surface area contributed by atoms with Gasteiger partial charge in [-0.2, -0.15) is 0 Å². The van der Waals surface area contributed by atoms with E-state index >= 15 is 0 Å². The van der Waals surface area contributed by atoms with Crippen molar-refractivity contribution in [3.8, 4) is 0 Å². The van der Waals surface area contributed by atoms with Gasteiger partial charge in [-0.05, 0) is 20.8 Å². The predicted octanol–water partition coefficient (Wildman–Crippen LogP) is -1.00. The number of nitrogens with two attached hydrogens (primary N) is 1. The lowest BCUT2D eigenvalue weighted by molar-refractivity contribution is -0.00733. The molecular weight excluding hydrogens is 274 g/mol. The van der Waals surface area contributed by atoms with Crippen LogP contribution in [0.5, 0.6) is 0 Å². The van der Waals surface area contributed by atoms with Crippen molar-refractivity contribution in [2.75, 3.05) is 6.61 Å². The van der Waals surface area contributed by atoms with Gasteiger partial charge in [0.2, 0.25) is 10.0 Å². The minimum absolute atomic E-state index is 0.107. The molecule has 0 aliphatic heterocycles. The Bertz CT molecular complexity index is 666. The van der Waals surface area contributed by atoms with Crippen LogP contribution in [-0.2, 0) is 21.3 Å². The molecule has 0 radical (unpaired) electrons. The summed E-state index contributed by atoms with van der Waals surface area (Å²) in [6.45, 7) is 5.84. The van der Waals surface area contributed by atoms with Crippen molar-refractivity contribution in [2.45, 2.75) is 37.8 Å². The lowest BCUT2D eigenvalue weighted by Gasteiger charge is -2.19. The molecule has 0 spiro atoms. The second-order valence-electron chi connectivity index (χ2n) is 4.95. The number of H-pyrrole nitrogens is 1. The molecule has 0 fully saturated rings. The maximum Gasteiger partial charge on any atom is 0.328 e. The quantitative estimate of drug-likeness (QED) is 0.736. The van der Waals surface area contributed by atoms with Crippen LogP contribution in [0.15, 0.2) is 20.7 Å². The zero-order valence-electron chi connectivity index (χ0n) is 11.0. The Balaban J connectivity index is 3.04. The molecule has 0 atom stereocenters. The molecule has 19 heavy (non-hydrogen) atoms. The molecule has 0 aliphatic carbocycles. The first-order valence-corrected chi connectivity index (χ1v) is 7.06. The van der Waals surface area contributed by atoms with Crippen LogP contribution in [0.4, 0.5) is 0 Å². The Morgan fingerprint density at radius 2 is 1.95 bits per heavy atom. The van der Waals surface area contributed by atoms with Crippen molar-refractivity contribution in [3.63, 3.8) is 0 Å². The number of nitrogens with one attached hydrogen (secondary N) is 1. The van der Waals surface area contributed by atoms with Crippen LogP contribution in [0.25, 0.3) is 0 Å². The Morgan fingerprint density at radius 3 is 2.42 bits per heavy atom. The van der Waals surface area contributed by atoms with E-state index in [2.05, 4.69) is 0 Å². The Labute approximate surface area is 110 Å². The number of nitrogens with zero attached hydrogens (tertiary/aromatic N) is 1. The topological polar surface area (TPSA) is 124 Å². The third-order valence-electron chi connectivity index (χ3n) is 2.15. The molecule has 0 aliphatic rings. The number of aromatic amines is 1. The second kappa shape index (κ2) is 5.27. The molecular formula is C10H17N3O5S. The predicted molar refractivity (Wildman–Crippen MR) is 68.4 cm³/mol. The fourth-order valence-electron chi connectivity index (χ4n) is 1.31. The smallest absolute Gasteiger partial charge is 0.328 e. The van der Waals surface area contributed by atoms with E-state index in [1.54, 1.807) is 0 Å². The summed E-state index contributed by atoms with van der Waals surface area (Å²) in [5.74, 6) is 0. The average molecular weight is 291 g/mol. The summed E-state index contributed by atoms with van der Waals surface area (Å²) in [6.07, 6.45) is 0.919. The third kappa shape index (κ3) is 4.62. The van der Waals surface area contributed by atoms with Gasteiger partial charge in [0.15, 0.2) is 4.90 Å². The number of ether oxygens (including phenoxy) is 1. The van der Waals surface area contributed by atoms with Crippen molar-refractivity contribution in [3.05, 3.63) is 27.0 Å². The molecule has 1 rings (SSSR count). The van der Waals surface area contributed by atoms with Gasteiger partial charge in [0.25, 0.3) is 5.56 Å². The van der Waals surface area contributed by atoms with Gasteiger partial charge < -0.3 is 4.74 Å². The van der Waals surface area contributed by atoms with E-state index in [4.69, 9.17) is 9.88 Å². The van der Waals surface area contributed by atoms with E-state index in [1.807, 2.05) is 25.8 Å². The molecule has 9 heteroatoms. The molecule has 0 bridgehead atoms. The van der Waals surface area contributed by atoms with Crippen LogP contribution in [0.2, 0.25) is 0 Å². The van der Waals surface area contributed by atoms with E-state index < -0.39 is 26.2 Å². The number of hydrogen-bond acceptors (Lipinski definition) is 5. The van der Waals surface area contributed by atoms with Crippen molar-refractivity contribution >= 4 is 10.0 Å². The minimum Gasteiger partial charge on any atom is -0.374 e. The molecule has 0 amide bonds. The first kappa shape index (κ1) is 15.6. The molecule has 0 saturated carbocycles. The van der Waals surface area contributed by atoms with E-state index in [1.165, 1.54) is 0 Å². The summed E-state index contributed by atoms with van der Waals surface area (Å²) >= 11 is 0. The highest BCUT2D eigenvalue weighted by molar-refractivity contribution is 7.89. The number of sulfonamides is 1. The highest BCUT2D eigenvalue weighted by Crippen LogP contribution is 2.06. The highest BCUT2D eigenvalue weighted by atomic mass is 32.2. The van der Waals surface area contributed by atoms with Crippen LogP contribution in [0, 0.1) is 0 Å². The Hall–Kier alpha value is -1.45. The van der Waals surface area contributed by atoms with Crippen LogP contribution in [0.3, 0.4) is 0 Å². The Kier molecular flexibility index (Phi) is 4.33. The lowest BCUT2D eigenvalue weighted by Crippen LogP contribution is -2.36. The molecule has 0 saturated heterocycles. The van der Waals surface area contributed by atoms with Gasteiger partial charge in [0.05, 0.1) is 18.8 Å². The summed E-state index contributed by atoms with van der Waals surface area (Å²) < 4.78 is 28.8. The third-order valence-corrected chi connectivity index (χ3v) is 3.06. The molecule has 8 nitrogen and oxygen atoms in total. The molecule has 1 aromatic rings. The average Bonchev–Trinajstić information content (AvgIpc) is 2.17. The molecule has 1 heterocycles. The van der Waals surface area contributed by atoms with Gasteiger partial charge >= 0.3 is 5.69 Å². The van der Waals surface area contributed by atoms with Gasteiger partial charge in [0, 0.05) is 6.20 Å². The number of aromatic nitrogens is 2. The molecule has 0 unspecified atom stereocenters.